The Kier molecular flexibility index (Phi) is 14.3. The first kappa shape index (κ1) is 29.6. The molecule has 0 rings (SSSR count). The van der Waals surface area contributed by atoms with Gasteiger partial charge in [-0.2, -0.15) is 0 Å². The van der Waals surface area contributed by atoms with Crippen molar-refractivity contribution in [3.63, 3.8) is 0 Å². The Bertz CT molecular complexity index is 710. The third-order valence-electron chi connectivity index (χ3n) is 4.05. The van der Waals surface area contributed by atoms with Crippen LogP contribution in [0.5, 0.6) is 0 Å². The van der Waals surface area contributed by atoms with Crippen molar-refractivity contribution in [3.05, 3.63) is 0 Å². The summed E-state index contributed by atoms with van der Waals surface area (Å²) in [4.78, 5) is 70.2. The van der Waals surface area contributed by atoms with Crippen LogP contribution in [0.3, 0.4) is 0 Å². The van der Waals surface area contributed by atoms with E-state index in [1.54, 1.807) is 6.26 Å². The van der Waals surface area contributed by atoms with E-state index in [9.17, 15) is 28.8 Å². The van der Waals surface area contributed by atoms with E-state index in [2.05, 4.69) is 16.0 Å². The zero-order valence-corrected chi connectivity index (χ0v) is 20.0. The molecule has 0 heterocycles. The molecular formula is C17H28N4O9SSe. The number of hydrogen-bond donors (Lipinski definition) is 7. The average Bonchev–Trinajstić information content (AvgIpc) is 2.70. The maximum absolute atomic E-state index is 12.7. The molecule has 8 N–H and O–H groups in total. The first-order valence-electron chi connectivity index (χ1n) is 9.35. The molecule has 0 aromatic rings. The molecule has 182 valence electrons. The van der Waals surface area contributed by atoms with E-state index in [1.165, 1.54) is 11.8 Å². The van der Waals surface area contributed by atoms with Crippen molar-refractivity contribution in [1.82, 2.24) is 16.0 Å². The molecule has 0 aliphatic heterocycles. The molecule has 0 aliphatic rings. The molecular weight excluding hydrogens is 515 g/mol. The fourth-order valence-electron chi connectivity index (χ4n) is 2.33. The summed E-state index contributed by atoms with van der Waals surface area (Å²) in [5.41, 5.74) is 5.51. The Hall–Kier alpha value is -2.35. The predicted octanol–water partition coefficient (Wildman–Crippen LogP) is -2.74. The van der Waals surface area contributed by atoms with Gasteiger partial charge in [0.15, 0.2) is 0 Å². The van der Waals surface area contributed by atoms with Gasteiger partial charge in [0.2, 0.25) is 0 Å². The third kappa shape index (κ3) is 11.9. The van der Waals surface area contributed by atoms with Crippen molar-refractivity contribution in [2.45, 2.75) is 55.2 Å². The topological polar surface area (TPSA) is 225 Å². The molecule has 0 saturated heterocycles. The molecule has 15 heteroatoms. The van der Waals surface area contributed by atoms with E-state index >= 15 is 0 Å². The first-order valence-corrected chi connectivity index (χ1v) is 12.1. The van der Waals surface area contributed by atoms with Gasteiger partial charge in [-0.05, 0) is 0 Å². The number of carbonyl (C=O) groups is 6. The predicted molar refractivity (Wildman–Crippen MR) is 115 cm³/mol. The molecule has 0 unspecified atom stereocenters. The van der Waals surface area contributed by atoms with Crippen LogP contribution in [0.15, 0.2) is 0 Å². The van der Waals surface area contributed by atoms with E-state index in [0.29, 0.717) is 5.75 Å². The van der Waals surface area contributed by atoms with E-state index < -0.39 is 72.6 Å². The molecule has 0 spiro atoms. The monoisotopic (exact) mass is 544 g/mol. The van der Waals surface area contributed by atoms with E-state index in [1.807, 2.05) is 16.0 Å². The zero-order chi connectivity index (χ0) is 24.8. The van der Waals surface area contributed by atoms with Gasteiger partial charge in [-0.3, -0.25) is 4.79 Å². The molecule has 32 heavy (non-hydrogen) atoms. The normalized spacial score (nSPS) is 14.3. The summed E-state index contributed by atoms with van der Waals surface area (Å²) >= 11 is 3.36. The van der Waals surface area contributed by atoms with Crippen molar-refractivity contribution in [3.8, 4) is 0 Å². The number of carboxylic acid groups (broad SMARTS) is 3. The van der Waals surface area contributed by atoms with Gasteiger partial charge in [-0.1, -0.05) is 0 Å². The van der Waals surface area contributed by atoms with Gasteiger partial charge >= 0.3 is 186 Å². The van der Waals surface area contributed by atoms with Gasteiger partial charge in [0.25, 0.3) is 0 Å². The second-order valence-corrected chi connectivity index (χ2v) is 8.37. The number of nitrogens with two attached hydrogens (primary N) is 1. The van der Waals surface area contributed by atoms with E-state index in [4.69, 9.17) is 21.1 Å². The zero-order valence-electron chi connectivity index (χ0n) is 17.3. The van der Waals surface area contributed by atoms with Crippen LogP contribution in [0.4, 0.5) is 0 Å². The van der Waals surface area contributed by atoms with Gasteiger partial charge in [-0.25, -0.2) is 0 Å². The Morgan fingerprint density at radius 2 is 1.34 bits per heavy atom. The van der Waals surface area contributed by atoms with Crippen molar-refractivity contribution in [1.29, 1.82) is 0 Å². The van der Waals surface area contributed by atoms with Crippen LogP contribution in [-0.4, -0.2) is 103 Å². The SMILES string of the molecule is CSCC[C@H](NC(=O)[C@@H](N)CC(=O)O)C(=O)N[C@@H](CCC(=O)O)C(=O)N[C@@H](C[SeH])C(=O)O. The summed E-state index contributed by atoms with van der Waals surface area (Å²) in [5, 5.41) is 33.7. The second-order valence-electron chi connectivity index (χ2n) is 6.62. The fourth-order valence-corrected chi connectivity index (χ4v) is 3.32. The van der Waals surface area contributed by atoms with Gasteiger partial charge in [0.1, 0.15) is 0 Å². The molecule has 0 fully saturated rings. The van der Waals surface area contributed by atoms with Crippen LogP contribution in [0.1, 0.15) is 25.7 Å². The molecule has 0 bridgehead atoms. The molecule has 4 atom stereocenters. The summed E-state index contributed by atoms with van der Waals surface area (Å²) < 4.78 is 0. The van der Waals surface area contributed by atoms with Crippen LogP contribution >= 0.6 is 11.8 Å². The Morgan fingerprint density at radius 1 is 0.844 bits per heavy atom. The van der Waals surface area contributed by atoms with Crippen LogP contribution < -0.4 is 21.7 Å². The van der Waals surface area contributed by atoms with Crippen LogP contribution in [0, 0.1) is 0 Å². The van der Waals surface area contributed by atoms with Crippen molar-refractivity contribution in [2.75, 3.05) is 12.0 Å². The first-order chi connectivity index (χ1) is 14.9. The third-order valence-corrected chi connectivity index (χ3v) is 5.46. The molecule has 0 aromatic heterocycles. The molecule has 3 amide bonds. The Balaban J connectivity index is 5.44. The minimum absolute atomic E-state index is 0.00153. The van der Waals surface area contributed by atoms with Gasteiger partial charge in [-0.15, -0.1) is 0 Å². The quantitative estimate of drug-likeness (QED) is 0.0989. The number of aliphatic carboxylic acids is 3. The fraction of sp³-hybridized carbons (Fsp3) is 0.647. The molecule has 0 saturated carbocycles. The molecule has 13 nitrogen and oxygen atoms in total. The van der Waals surface area contributed by atoms with Crippen molar-refractivity contribution < 1.29 is 44.1 Å². The van der Waals surface area contributed by atoms with E-state index in [-0.39, 0.29) is 18.2 Å². The molecule has 0 radical (unpaired) electrons. The van der Waals surface area contributed by atoms with Crippen LogP contribution in [0.25, 0.3) is 0 Å². The minimum atomic E-state index is -1.40. The van der Waals surface area contributed by atoms with Crippen LogP contribution in [-0.2, 0) is 28.8 Å². The number of hydrogen-bond acceptors (Lipinski definition) is 8. The molecule has 0 aromatic carbocycles. The Labute approximate surface area is 196 Å². The average molecular weight is 543 g/mol. The number of carboxylic acids is 3. The summed E-state index contributed by atoms with van der Waals surface area (Å²) in [5.74, 6) is -6.01. The van der Waals surface area contributed by atoms with Crippen LogP contribution in [0.2, 0.25) is 5.32 Å². The number of thioether (sulfide) groups is 1. The van der Waals surface area contributed by atoms with Gasteiger partial charge in [0.05, 0.1) is 0 Å². The summed E-state index contributed by atoms with van der Waals surface area (Å²) in [6.07, 6.45) is 0.420. The van der Waals surface area contributed by atoms with E-state index in [0.717, 1.165) is 0 Å². The van der Waals surface area contributed by atoms with Gasteiger partial charge in [0, 0.05) is 0 Å². The van der Waals surface area contributed by atoms with Gasteiger partial charge < -0.3 is 5.11 Å². The van der Waals surface area contributed by atoms with Crippen molar-refractivity contribution in [2.24, 2.45) is 5.73 Å². The number of nitrogens with one attached hydrogen (secondary N) is 3. The standard InChI is InChI=1S/C17H28N4O9SSe/c1-31-5-4-10(19-14(26)8(18)6-13(24)25)16(28)20-9(2-3-12(22)23)15(27)21-11(7-32)17(29)30/h8-11,32H,2-7,18H2,1H3,(H,19,26)(H,20,28)(H,21,27)(H,22,23)(H,24,25)(H,29,30)/t8-,9-,10-,11-/m0/s1. The summed E-state index contributed by atoms with van der Waals surface area (Å²) in [6, 6.07) is -5.20. The summed E-state index contributed by atoms with van der Waals surface area (Å²) in [7, 11) is 0. The number of amides is 3. The van der Waals surface area contributed by atoms with Crippen molar-refractivity contribution >= 4 is 63.4 Å². The number of rotatable bonds is 16. The second kappa shape index (κ2) is 15.5. The maximum atomic E-state index is 12.7. The number of carbonyl (C=O) groups excluding carboxylic acids is 3. The summed E-state index contributed by atoms with van der Waals surface area (Å²) in [6.45, 7) is 0. The Morgan fingerprint density at radius 3 is 1.78 bits per heavy atom. The molecule has 0 aliphatic carbocycles.